The van der Waals surface area contributed by atoms with E-state index in [-0.39, 0.29) is 5.75 Å². The molecule has 2 rings (SSSR count). The molecule has 2 aromatic rings. The molecule has 0 bridgehead atoms. The van der Waals surface area contributed by atoms with Gasteiger partial charge in [0.2, 0.25) is 0 Å². The third kappa shape index (κ3) is 5.11. The molecule has 0 aromatic heterocycles. The van der Waals surface area contributed by atoms with Crippen LogP contribution in [0.1, 0.15) is 23.6 Å². The number of para-hydroxylation sites is 1. The van der Waals surface area contributed by atoms with E-state index in [1.54, 1.807) is 18.2 Å². The lowest BCUT2D eigenvalue weighted by atomic mass is 10.1. The maximum atomic E-state index is 11.9. The predicted molar refractivity (Wildman–Crippen MR) is 104 cm³/mol. The van der Waals surface area contributed by atoms with Gasteiger partial charge in [0.15, 0.2) is 11.5 Å². The van der Waals surface area contributed by atoms with Crippen molar-refractivity contribution in [2.75, 3.05) is 11.9 Å². The SMILES string of the molecule is C=CCc1cc(C=NNC(=O)Nc2ccccc2C)cc(OCC)c1O. The predicted octanol–water partition coefficient (Wildman–Crippen LogP) is 3.98. The van der Waals surface area contributed by atoms with E-state index < -0.39 is 6.03 Å². The van der Waals surface area contributed by atoms with Crippen LogP contribution in [0.4, 0.5) is 10.5 Å². The highest BCUT2D eigenvalue weighted by Crippen LogP contribution is 2.31. The van der Waals surface area contributed by atoms with Crippen LogP contribution < -0.4 is 15.5 Å². The zero-order valence-corrected chi connectivity index (χ0v) is 15.0. The number of carbonyl (C=O) groups is 1. The Morgan fingerprint density at radius 3 is 2.81 bits per heavy atom. The van der Waals surface area contributed by atoms with Crippen molar-refractivity contribution in [2.24, 2.45) is 5.10 Å². The van der Waals surface area contributed by atoms with Crippen LogP contribution in [0.3, 0.4) is 0 Å². The Balaban J connectivity index is 2.08. The first-order valence-electron chi connectivity index (χ1n) is 8.30. The van der Waals surface area contributed by atoms with Gasteiger partial charge in [0.05, 0.1) is 12.8 Å². The number of aryl methyl sites for hydroxylation is 1. The number of hydrogen-bond acceptors (Lipinski definition) is 4. The maximum absolute atomic E-state index is 11.9. The molecule has 6 nitrogen and oxygen atoms in total. The third-order valence-electron chi connectivity index (χ3n) is 3.61. The van der Waals surface area contributed by atoms with Gasteiger partial charge in [-0.1, -0.05) is 24.3 Å². The molecular weight excluding hydrogens is 330 g/mol. The number of phenolic OH excluding ortho intramolecular Hbond substituents is 1. The average molecular weight is 353 g/mol. The first-order chi connectivity index (χ1) is 12.5. The van der Waals surface area contributed by atoms with Crippen LogP contribution in [0.2, 0.25) is 0 Å². The number of phenols is 1. The van der Waals surface area contributed by atoms with Gasteiger partial charge in [0, 0.05) is 11.3 Å². The summed E-state index contributed by atoms with van der Waals surface area (Å²) in [6.07, 6.45) is 3.68. The minimum Gasteiger partial charge on any atom is -0.504 e. The highest BCUT2D eigenvalue weighted by Gasteiger charge is 2.09. The molecule has 0 atom stereocenters. The lowest BCUT2D eigenvalue weighted by Crippen LogP contribution is -2.24. The highest BCUT2D eigenvalue weighted by atomic mass is 16.5. The van der Waals surface area contributed by atoms with Gasteiger partial charge in [0.25, 0.3) is 0 Å². The summed E-state index contributed by atoms with van der Waals surface area (Å²) >= 11 is 0. The molecule has 0 heterocycles. The molecule has 3 N–H and O–H groups in total. The number of benzene rings is 2. The second-order valence-corrected chi connectivity index (χ2v) is 5.59. The summed E-state index contributed by atoms with van der Waals surface area (Å²) in [4.78, 5) is 11.9. The summed E-state index contributed by atoms with van der Waals surface area (Å²) in [5.74, 6) is 0.465. The summed E-state index contributed by atoms with van der Waals surface area (Å²) in [6.45, 7) is 7.86. The fourth-order valence-electron chi connectivity index (χ4n) is 2.37. The number of ether oxygens (including phenoxy) is 1. The molecule has 0 radical (unpaired) electrons. The topological polar surface area (TPSA) is 83.0 Å². The minimum absolute atomic E-state index is 0.0918. The molecule has 0 aliphatic heterocycles. The number of rotatable bonds is 7. The molecule has 6 heteroatoms. The van der Waals surface area contributed by atoms with E-state index in [9.17, 15) is 9.90 Å². The van der Waals surface area contributed by atoms with E-state index >= 15 is 0 Å². The van der Waals surface area contributed by atoms with Gasteiger partial charge in [-0.25, -0.2) is 10.2 Å². The number of hydrazone groups is 1. The quantitative estimate of drug-likeness (QED) is 0.400. The number of aromatic hydroxyl groups is 1. The van der Waals surface area contributed by atoms with Crippen molar-refractivity contribution < 1.29 is 14.6 Å². The third-order valence-corrected chi connectivity index (χ3v) is 3.61. The van der Waals surface area contributed by atoms with Crippen molar-refractivity contribution >= 4 is 17.9 Å². The molecule has 0 unspecified atom stereocenters. The van der Waals surface area contributed by atoms with Crippen molar-refractivity contribution in [1.82, 2.24) is 5.43 Å². The molecule has 0 saturated carbocycles. The van der Waals surface area contributed by atoms with Gasteiger partial charge >= 0.3 is 6.03 Å². The molecule has 0 aliphatic carbocycles. The van der Waals surface area contributed by atoms with Crippen LogP contribution in [0, 0.1) is 6.92 Å². The molecule has 0 aliphatic rings. The molecule has 2 amide bonds. The van der Waals surface area contributed by atoms with Crippen molar-refractivity contribution in [3.63, 3.8) is 0 Å². The highest BCUT2D eigenvalue weighted by molar-refractivity contribution is 5.91. The maximum Gasteiger partial charge on any atom is 0.339 e. The number of anilines is 1. The van der Waals surface area contributed by atoms with E-state index in [0.717, 1.165) is 11.3 Å². The van der Waals surface area contributed by atoms with E-state index in [1.807, 2.05) is 38.1 Å². The molecule has 2 aromatic carbocycles. The average Bonchev–Trinajstić information content (AvgIpc) is 2.61. The van der Waals surface area contributed by atoms with E-state index in [1.165, 1.54) is 6.21 Å². The second kappa shape index (κ2) is 9.27. The normalized spacial score (nSPS) is 10.5. The van der Waals surface area contributed by atoms with Crippen molar-refractivity contribution in [2.45, 2.75) is 20.3 Å². The summed E-state index contributed by atoms with van der Waals surface area (Å²) in [5, 5.41) is 16.9. The number of carbonyl (C=O) groups excluding carboxylic acids is 1. The van der Waals surface area contributed by atoms with Crippen LogP contribution in [-0.4, -0.2) is 24.0 Å². The monoisotopic (exact) mass is 353 g/mol. The Bertz CT molecular complexity index is 816. The van der Waals surface area contributed by atoms with Crippen LogP contribution in [0.15, 0.2) is 54.2 Å². The Kier molecular flexibility index (Phi) is 6.79. The van der Waals surface area contributed by atoms with E-state index in [4.69, 9.17) is 4.74 Å². The number of amides is 2. The van der Waals surface area contributed by atoms with Gasteiger partial charge in [-0.2, -0.15) is 5.10 Å². The Morgan fingerprint density at radius 1 is 1.35 bits per heavy atom. The van der Waals surface area contributed by atoms with Crippen LogP contribution in [0.5, 0.6) is 11.5 Å². The number of nitrogens with zero attached hydrogens (tertiary/aromatic N) is 1. The summed E-state index contributed by atoms with van der Waals surface area (Å²) in [5.41, 5.74) is 5.47. The van der Waals surface area contributed by atoms with Gasteiger partial charge in [-0.3, -0.25) is 0 Å². The van der Waals surface area contributed by atoms with Gasteiger partial charge in [0.1, 0.15) is 0 Å². The summed E-state index contributed by atoms with van der Waals surface area (Å²) in [7, 11) is 0. The van der Waals surface area contributed by atoms with Gasteiger partial charge in [-0.05, 0) is 49.6 Å². The molecule has 26 heavy (non-hydrogen) atoms. The largest absolute Gasteiger partial charge is 0.504 e. The van der Waals surface area contributed by atoms with E-state index in [0.29, 0.717) is 29.9 Å². The molecular formula is C20H23N3O3. The van der Waals surface area contributed by atoms with Gasteiger partial charge in [-0.15, -0.1) is 6.58 Å². The summed E-state index contributed by atoms with van der Waals surface area (Å²) in [6, 6.07) is 10.5. The van der Waals surface area contributed by atoms with Gasteiger partial charge < -0.3 is 15.2 Å². The van der Waals surface area contributed by atoms with Crippen molar-refractivity contribution in [3.05, 3.63) is 65.7 Å². The number of urea groups is 1. The van der Waals surface area contributed by atoms with E-state index in [2.05, 4.69) is 22.4 Å². The molecule has 0 fully saturated rings. The van der Waals surface area contributed by atoms with Crippen molar-refractivity contribution in [1.29, 1.82) is 0 Å². The molecule has 136 valence electrons. The van der Waals surface area contributed by atoms with Crippen LogP contribution in [-0.2, 0) is 6.42 Å². The zero-order valence-electron chi connectivity index (χ0n) is 15.0. The van der Waals surface area contributed by atoms with Crippen molar-refractivity contribution in [3.8, 4) is 11.5 Å². The lowest BCUT2D eigenvalue weighted by molar-refractivity contribution is 0.252. The second-order valence-electron chi connectivity index (χ2n) is 5.59. The minimum atomic E-state index is -0.439. The summed E-state index contributed by atoms with van der Waals surface area (Å²) < 4.78 is 5.44. The first-order valence-corrected chi connectivity index (χ1v) is 8.30. The smallest absolute Gasteiger partial charge is 0.339 e. The number of allylic oxidation sites excluding steroid dienone is 1. The first kappa shape index (κ1) is 19.1. The number of hydrogen-bond donors (Lipinski definition) is 3. The Morgan fingerprint density at radius 2 is 2.12 bits per heavy atom. The molecule has 0 saturated heterocycles. The van der Waals surface area contributed by atoms with Crippen LogP contribution >= 0.6 is 0 Å². The Labute approximate surface area is 153 Å². The lowest BCUT2D eigenvalue weighted by Gasteiger charge is -2.11. The standard InChI is InChI=1S/C20H23N3O3/c1-4-8-16-11-15(12-18(19(16)24)26-5-2)13-21-23-20(25)22-17-10-7-6-9-14(17)3/h4,6-7,9-13,24H,1,5,8H2,2-3H3,(H2,22,23,25). The van der Waals surface area contributed by atoms with Crippen LogP contribution in [0.25, 0.3) is 0 Å². The molecule has 0 spiro atoms. The Hall–Kier alpha value is -3.28. The fraction of sp³-hybridized carbons (Fsp3) is 0.200. The fourth-order valence-corrected chi connectivity index (χ4v) is 2.37. The number of nitrogens with one attached hydrogen (secondary N) is 2. The zero-order chi connectivity index (χ0) is 18.9.